The lowest BCUT2D eigenvalue weighted by Crippen LogP contribution is -2.15. The third-order valence-electron chi connectivity index (χ3n) is 3.48. The second-order valence-corrected chi connectivity index (χ2v) is 5.12. The summed E-state index contributed by atoms with van der Waals surface area (Å²) in [5.74, 6) is 1.45. The largest absolute Gasteiger partial charge is 0.492 e. The van der Waals surface area contributed by atoms with Gasteiger partial charge in [-0.1, -0.05) is 0 Å². The lowest BCUT2D eigenvalue weighted by atomic mass is 10.1. The van der Waals surface area contributed by atoms with E-state index in [2.05, 4.69) is 15.3 Å². The molecule has 1 aromatic carbocycles. The second kappa shape index (κ2) is 10.3. The number of hydrogen-bond acceptors (Lipinski definition) is 8. The van der Waals surface area contributed by atoms with E-state index in [0.717, 1.165) is 5.56 Å². The van der Waals surface area contributed by atoms with Crippen molar-refractivity contribution in [3.63, 3.8) is 0 Å². The molecule has 0 aliphatic rings. The first-order chi connectivity index (χ1) is 12.5. The Bertz CT molecular complexity index is 788. The van der Waals surface area contributed by atoms with Crippen LogP contribution in [0.5, 0.6) is 17.2 Å². The molecule has 2 rings (SSSR count). The first kappa shape index (κ1) is 22.1. The van der Waals surface area contributed by atoms with Crippen LogP contribution in [0.15, 0.2) is 18.3 Å². The number of hydrogen-bond donors (Lipinski definition) is 2. The average Bonchev–Trinajstić information content (AvgIpc) is 2.61. The molecule has 0 atom stereocenters. The minimum absolute atomic E-state index is 0. The van der Waals surface area contributed by atoms with E-state index in [9.17, 15) is 4.79 Å². The summed E-state index contributed by atoms with van der Waals surface area (Å²) in [6.07, 6.45) is 1.31. The van der Waals surface area contributed by atoms with Gasteiger partial charge < -0.3 is 24.7 Å². The van der Waals surface area contributed by atoms with Crippen LogP contribution in [0.2, 0.25) is 0 Å². The number of aromatic nitrogens is 2. The van der Waals surface area contributed by atoms with Crippen molar-refractivity contribution >= 4 is 30.1 Å². The zero-order valence-electron chi connectivity index (χ0n) is 15.6. The molecule has 2 aromatic rings. The molecule has 1 aromatic heterocycles. The number of nitrogen functional groups attached to an aromatic ring is 1. The van der Waals surface area contributed by atoms with Gasteiger partial charge in [-0.25, -0.2) is 14.8 Å². The smallest absolute Gasteiger partial charge is 0.414 e. The van der Waals surface area contributed by atoms with Crippen molar-refractivity contribution in [1.29, 1.82) is 0 Å². The summed E-state index contributed by atoms with van der Waals surface area (Å²) in [7, 11) is 4.55. The van der Waals surface area contributed by atoms with E-state index >= 15 is 0 Å². The fourth-order valence-electron chi connectivity index (χ4n) is 2.46. The molecule has 3 N–H and O–H groups in total. The maximum Gasteiger partial charge on any atom is 0.414 e. The van der Waals surface area contributed by atoms with Gasteiger partial charge in [-0.2, -0.15) is 0 Å². The average molecular weight is 399 g/mol. The fraction of sp³-hybridized carbons (Fsp3) is 0.353. The molecule has 0 radical (unpaired) electrons. The van der Waals surface area contributed by atoms with Crippen LogP contribution in [0, 0.1) is 0 Å². The van der Waals surface area contributed by atoms with Gasteiger partial charge in [-0.05, 0) is 19.1 Å². The Labute approximate surface area is 163 Å². The Kier molecular flexibility index (Phi) is 8.40. The number of benzene rings is 1. The van der Waals surface area contributed by atoms with E-state index in [1.54, 1.807) is 25.3 Å². The summed E-state index contributed by atoms with van der Waals surface area (Å²) in [4.78, 5) is 19.8. The number of carbonyl (C=O) groups is 1. The number of nitrogens with zero attached hydrogens (tertiary/aromatic N) is 2. The Morgan fingerprint density at radius 1 is 1.15 bits per heavy atom. The third-order valence-corrected chi connectivity index (χ3v) is 3.48. The van der Waals surface area contributed by atoms with Crippen LogP contribution >= 0.6 is 12.4 Å². The van der Waals surface area contributed by atoms with E-state index in [-0.39, 0.29) is 25.0 Å². The Hall–Kier alpha value is -2.94. The van der Waals surface area contributed by atoms with E-state index < -0.39 is 6.09 Å². The topological polar surface area (TPSA) is 118 Å². The molecule has 27 heavy (non-hydrogen) atoms. The van der Waals surface area contributed by atoms with Gasteiger partial charge in [0.25, 0.3) is 0 Å². The Balaban J connectivity index is 0.00000364. The molecule has 0 saturated heterocycles. The van der Waals surface area contributed by atoms with Gasteiger partial charge in [0.05, 0.1) is 39.3 Å². The number of carbonyl (C=O) groups excluding carboxylic acids is 1. The van der Waals surface area contributed by atoms with Crippen LogP contribution in [0.25, 0.3) is 0 Å². The summed E-state index contributed by atoms with van der Waals surface area (Å²) in [6.45, 7) is 1.97. The fourth-order valence-corrected chi connectivity index (χ4v) is 2.46. The number of methoxy groups -OCH3 is 3. The Morgan fingerprint density at radius 3 is 2.41 bits per heavy atom. The molecule has 10 heteroatoms. The zero-order chi connectivity index (χ0) is 19.1. The normalized spacial score (nSPS) is 9.78. The number of rotatable bonds is 7. The van der Waals surface area contributed by atoms with Crippen LogP contribution in [-0.4, -0.2) is 44.0 Å². The van der Waals surface area contributed by atoms with Crippen molar-refractivity contribution in [2.24, 2.45) is 0 Å². The summed E-state index contributed by atoms with van der Waals surface area (Å²) in [5.41, 5.74) is 7.87. The van der Waals surface area contributed by atoms with Crippen molar-refractivity contribution in [3.8, 4) is 17.2 Å². The number of anilines is 2. The molecule has 0 aliphatic carbocycles. The van der Waals surface area contributed by atoms with Gasteiger partial charge in [-0.15, -0.1) is 12.4 Å². The number of nitrogens with two attached hydrogens (primary N) is 1. The molecular weight excluding hydrogens is 376 g/mol. The SMILES string of the molecule is CCOC(=O)Nc1nccc(Cc2cc(N)c(OC)c(OC)c2OC)n1.Cl. The van der Waals surface area contributed by atoms with Crippen molar-refractivity contribution in [2.75, 3.05) is 39.0 Å². The van der Waals surface area contributed by atoms with Gasteiger partial charge >= 0.3 is 6.09 Å². The number of ether oxygens (including phenoxy) is 4. The molecule has 0 aliphatic heterocycles. The second-order valence-electron chi connectivity index (χ2n) is 5.12. The van der Waals surface area contributed by atoms with Gasteiger partial charge in [-0.3, -0.25) is 5.32 Å². The predicted octanol–water partition coefficient (Wildman–Crippen LogP) is 2.67. The summed E-state index contributed by atoms with van der Waals surface area (Å²) < 4.78 is 21.0. The zero-order valence-corrected chi connectivity index (χ0v) is 16.4. The van der Waals surface area contributed by atoms with Crippen LogP contribution in [-0.2, 0) is 11.2 Å². The molecule has 9 nitrogen and oxygen atoms in total. The predicted molar refractivity (Wildman–Crippen MR) is 103 cm³/mol. The van der Waals surface area contributed by atoms with Gasteiger partial charge in [0.2, 0.25) is 11.7 Å². The number of halogens is 1. The highest BCUT2D eigenvalue weighted by Gasteiger charge is 2.20. The van der Waals surface area contributed by atoms with Crippen molar-refractivity contribution in [1.82, 2.24) is 9.97 Å². The minimum Gasteiger partial charge on any atom is -0.492 e. The summed E-state index contributed by atoms with van der Waals surface area (Å²) in [5, 5.41) is 2.47. The molecule has 148 valence electrons. The lowest BCUT2D eigenvalue weighted by Gasteiger charge is -2.17. The highest BCUT2D eigenvalue weighted by molar-refractivity contribution is 5.85. The van der Waals surface area contributed by atoms with Crippen molar-refractivity contribution < 1.29 is 23.7 Å². The lowest BCUT2D eigenvalue weighted by molar-refractivity contribution is 0.167. The molecule has 0 bridgehead atoms. The van der Waals surface area contributed by atoms with Crippen LogP contribution in [0.4, 0.5) is 16.4 Å². The molecule has 0 fully saturated rings. The van der Waals surface area contributed by atoms with Gasteiger partial charge in [0, 0.05) is 18.2 Å². The van der Waals surface area contributed by atoms with E-state index in [1.807, 2.05) is 0 Å². The maximum absolute atomic E-state index is 11.5. The van der Waals surface area contributed by atoms with Crippen LogP contribution in [0.3, 0.4) is 0 Å². The highest BCUT2D eigenvalue weighted by atomic mass is 35.5. The van der Waals surface area contributed by atoms with Crippen molar-refractivity contribution in [2.45, 2.75) is 13.3 Å². The summed E-state index contributed by atoms with van der Waals surface area (Å²) >= 11 is 0. The third kappa shape index (κ3) is 5.27. The molecule has 1 amide bonds. The first-order valence-corrected chi connectivity index (χ1v) is 7.87. The standard InChI is InChI=1S/C17H22N4O5.ClH/c1-5-26-17(22)21-16-19-7-6-11(20-16)8-10-9-12(18)14(24-3)15(25-4)13(10)23-2;/h6-7,9H,5,8,18H2,1-4H3,(H,19,20,21,22);1H. The highest BCUT2D eigenvalue weighted by Crippen LogP contribution is 2.44. The van der Waals surface area contributed by atoms with Crippen LogP contribution < -0.4 is 25.3 Å². The van der Waals surface area contributed by atoms with E-state index in [4.69, 9.17) is 24.7 Å². The molecular formula is C17H23ClN4O5. The minimum atomic E-state index is -0.613. The quantitative estimate of drug-likeness (QED) is 0.683. The summed E-state index contributed by atoms with van der Waals surface area (Å²) in [6, 6.07) is 3.46. The van der Waals surface area contributed by atoms with Gasteiger partial charge in [0.1, 0.15) is 0 Å². The maximum atomic E-state index is 11.5. The van der Waals surface area contributed by atoms with Crippen LogP contribution in [0.1, 0.15) is 18.2 Å². The monoisotopic (exact) mass is 398 g/mol. The van der Waals surface area contributed by atoms with Crippen molar-refractivity contribution in [3.05, 3.63) is 29.6 Å². The molecule has 0 saturated carbocycles. The first-order valence-electron chi connectivity index (χ1n) is 7.87. The molecule has 0 unspecified atom stereocenters. The van der Waals surface area contributed by atoms with E-state index in [1.165, 1.54) is 21.3 Å². The van der Waals surface area contributed by atoms with E-state index in [0.29, 0.717) is 35.1 Å². The van der Waals surface area contributed by atoms with Gasteiger partial charge in [0.15, 0.2) is 11.5 Å². The number of nitrogens with one attached hydrogen (secondary N) is 1. The molecule has 0 spiro atoms. The molecule has 1 heterocycles. The number of amides is 1. The Morgan fingerprint density at radius 2 is 1.81 bits per heavy atom.